The Labute approximate surface area is 159 Å². The molecule has 1 aromatic heterocycles. The standard InChI is InChI=1S/C21H24N4O2/c1-27-18-8-5-16(6-9-18)7-10-21(26)25-13-11-24(12-14-25)20-15-17-3-2-4-19(17)22-23-20/h5-10,15H,2-4,11-14H2,1H3/b10-7+. The SMILES string of the molecule is COc1ccc(/C=C/C(=O)N2CCN(c3cc4c(nn3)CCC4)CC2)cc1. The maximum atomic E-state index is 12.5. The second kappa shape index (κ2) is 7.78. The number of aryl methyl sites for hydroxylation is 2. The van der Waals surface area contributed by atoms with Crippen LogP contribution in [0.5, 0.6) is 5.75 Å². The van der Waals surface area contributed by atoms with E-state index in [0.29, 0.717) is 13.1 Å². The lowest BCUT2D eigenvalue weighted by Crippen LogP contribution is -2.48. The predicted octanol–water partition coefficient (Wildman–Crippen LogP) is 2.34. The third kappa shape index (κ3) is 3.94. The van der Waals surface area contributed by atoms with Crippen molar-refractivity contribution in [3.05, 3.63) is 53.2 Å². The van der Waals surface area contributed by atoms with Crippen molar-refractivity contribution >= 4 is 17.8 Å². The molecule has 0 atom stereocenters. The average molecular weight is 364 g/mol. The van der Waals surface area contributed by atoms with E-state index in [9.17, 15) is 4.79 Å². The van der Waals surface area contributed by atoms with Gasteiger partial charge in [0.05, 0.1) is 12.8 Å². The molecule has 0 saturated carbocycles. The van der Waals surface area contributed by atoms with Crippen LogP contribution in [0.25, 0.3) is 6.08 Å². The molecule has 2 aromatic rings. The molecule has 140 valence electrons. The van der Waals surface area contributed by atoms with E-state index in [-0.39, 0.29) is 5.91 Å². The van der Waals surface area contributed by atoms with Gasteiger partial charge in [-0.3, -0.25) is 4.79 Å². The fraction of sp³-hybridized carbons (Fsp3) is 0.381. The summed E-state index contributed by atoms with van der Waals surface area (Å²) in [5.74, 6) is 1.80. The number of rotatable bonds is 4. The summed E-state index contributed by atoms with van der Waals surface area (Å²) in [4.78, 5) is 16.6. The van der Waals surface area contributed by atoms with Crippen LogP contribution in [0.1, 0.15) is 23.2 Å². The van der Waals surface area contributed by atoms with Gasteiger partial charge >= 0.3 is 0 Å². The van der Waals surface area contributed by atoms with Gasteiger partial charge in [-0.05, 0) is 54.7 Å². The minimum absolute atomic E-state index is 0.0468. The van der Waals surface area contributed by atoms with Gasteiger partial charge in [-0.2, -0.15) is 5.10 Å². The maximum absolute atomic E-state index is 12.5. The number of amides is 1. The van der Waals surface area contributed by atoms with Gasteiger partial charge in [-0.15, -0.1) is 5.10 Å². The van der Waals surface area contributed by atoms with Crippen LogP contribution in [-0.4, -0.2) is 54.3 Å². The van der Waals surface area contributed by atoms with Gasteiger partial charge in [-0.25, -0.2) is 0 Å². The normalized spacial score (nSPS) is 16.6. The fourth-order valence-corrected chi connectivity index (χ4v) is 3.62. The number of ether oxygens (including phenoxy) is 1. The van der Waals surface area contributed by atoms with Gasteiger partial charge in [0.1, 0.15) is 5.75 Å². The Morgan fingerprint density at radius 3 is 2.59 bits per heavy atom. The van der Waals surface area contributed by atoms with Crippen molar-refractivity contribution in [2.24, 2.45) is 0 Å². The van der Waals surface area contributed by atoms with E-state index in [0.717, 1.165) is 48.8 Å². The number of piperazine rings is 1. The molecule has 6 nitrogen and oxygen atoms in total. The molecule has 27 heavy (non-hydrogen) atoms. The summed E-state index contributed by atoms with van der Waals surface area (Å²) < 4.78 is 5.15. The number of benzene rings is 1. The number of nitrogens with zero attached hydrogens (tertiary/aromatic N) is 4. The van der Waals surface area contributed by atoms with Gasteiger partial charge in [0.25, 0.3) is 0 Å². The number of anilines is 1. The van der Waals surface area contributed by atoms with Gasteiger partial charge in [0.15, 0.2) is 5.82 Å². The van der Waals surface area contributed by atoms with Crippen LogP contribution in [0.4, 0.5) is 5.82 Å². The highest BCUT2D eigenvalue weighted by Crippen LogP contribution is 2.23. The lowest BCUT2D eigenvalue weighted by atomic mass is 10.2. The monoisotopic (exact) mass is 364 g/mol. The lowest BCUT2D eigenvalue weighted by molar-refractivity contribution is -0.126. The molecule has 1 amide bonds. The molecule has 6 heteroatoms. The molecule has 4 rings (SSSR count). The first kappa shape index (κ1) is 17.5. The minimum atomic E-state index is 0.0468. The highest BCUT2D eigenvalue weighted by Gasteiger charge is 2.22. The van der Waals surface area contributed by atoms with E-state index in [4.69, 9.17) is 4.74 Å². The Morgan fingerprint density at radius 1 is 1.07 bits per heavy atom. The van der Waals surface area contributed by atoms with Crippen molar-refractivity contribution in [1.29, 1.82) is 0 Å². The second-order valence-electron chi connectivity index (χ2n) is 6.95. The first-order chi connectivity index (χ1) is 13.2. The Kier molecular flexibility index (Phi) is 5.05. The molecular formula is C21H24N4O2. The van der Waals surface area contributed by atoms with Crippen LogP contribution in [-0.2, 0) is 17.6 Å². The highest BCUT2D eigenvalue weighted by molar-refractivity contribution is 5.92. The molecule has 0 unspecified atom stereocenters. The molecule has 0 N–H and O–H groups in total. The zero-order valence-corrected chi connectivity index (χ0v) is 15.6. The number of hydrogen-bond donors (Lipinski definition) is 0. The van der Waals surface area contributed by atoms with E-state index >= 15 is 0 Å². The molecule has 0 bridgehead atoms. The first-order valence-corrected chi connectivity index (χ1v) is 9.44. The molecule has 0 spiro atoms. The van der Waals surface area contributed by atoms with Crippen molar-refractivity contribution in [1.82, 2.24) is 15.1 Å². The summed E-state index contributed by atoms with van der Waals surface area (Å²) in [5, 5.41) is 8.75. The lowest BCUT2D eigenvalue weighted by Gasteiger charge is -2.34. The van der Waals surface area contributed by atoms with E-state index in [2.05, 4.69) is 21.2 Å². The zero-order valence-electron chi connectivity index (χ0n) is 15.6. The van der Waals surface area contributed by atoms with E-state index in [1.807, 2.05) is 35.2 Å². The van der Waals surface area contributed by atoms with Crippen molar-refractivity contribution < 1.29 is 9.53 Å². The largest absolute Gasteiger partial charge is 0.497 e. The van der Waals surface area contributed by atoms with E-state index < -0.39 is 0 Å². The molecule has 1 fully saturated rings. The highest BCUT2D eigenvalue weighted by atomic mass is 16.5. The molecular weight excluding hydrogens is 340 g/mol. The number of aromatic nitrogens is 2. The van der Waals surface area contributed by atoms with Gasteiger partial charge in [0, 0.05) is 32.3 Å². The molecule has 2 aliphatic rings. The van der Waals surface area contributed by atoms with Crippen LogP contribution in [0.3, 0.4) is 0 Å². The van der Waals surface area contributed by atoms with Gasteiger partial charge in [0.2, 0.25) is 5.91 Å². The number of carbonyl (C=O) groups excluding carboxylic acids is 1. The molecule has 1 saturated heterocycles. The van der Waals surface area contributed by atoms with Crippen molar-refractivity contribution in [2.75, 3.05) is 38.2 Å². The molecule has 1 aliphatic heterocycles. The second-order valence-corrected chi connectivity index (χ2v) is 6.95. The third-order valence-electron chi connectivity index (χ3n) is 5.26. The Bertz CT molecular complexity index is 840. The van der Waals surface area contributed by atoms with Crippen LogP contribution >= 0.6 is 0 Å². The summed E-state index contributed by atoms with van der Waals surface area (Å²) in [6, 6.07) is 9.83. The minimum Gasteiger partial charge on any atom is -0.497 e. The molecule has 1 aliphatic carbocycles. The van der Waals surface area contributed by atoms with Crippen LogP contribution < -0.4 is 9.64 Å². The summed E-state index contributed by atoms with van der Waals surface area (Å²) in [6.07, 6.45) is 6.82. The molecule has 0 radical (unpaired) electrons. The number of fused-ring (bicyclic) bond motifs is 1. The predicted molar refractivity (Wildman–Crippen MR) is 105 cm³/mol. The number of carbonyl (C=O) groups is 1. The summed E-state index contributed by atoms with van der Waals surface area (Å²) in [7, 11) is 1.64. The van der Waals surface area contributed by atoms with Gasteiger partial charge in [-0.1, -0.05) is 12.1 Å². The zero-order chi connectivity index (χ0) is 18.6. The third-order valence-corrected chi connectivity index (χ3v) is 5.26. The molecule has 2 heterocycles. The summed E-state index contributed by atoms with van der Waals surface area (Å²) in [6.45, 7) is 2.97. The Balaban J connectivity index is 1.33. The fourth-order valence-electron chi connectivity index (χ4n) is 3.62. The van der Waals surface area contributed by atoms with Gasteiger partial charge < -0.3 is 14.5 Å². The number of methoxy groups -OCH3 is 1. The Hall–Kier alpha value is -2.89. The maximum Gasteiger partial charge on any atom is 0.246 e. The van der Waals surface area contributed by atoms with Crippen LogP contribution in [0.15, 0.2) is 36.4 Å². The van der Waals surface area contributed by atoms with Crippen molar-refractivity contribution in [2.45, 2.75) is 19.3 Å². The van der Waals surface area contributed by atoms with E-state index in [1.165, 1.54) is 12.0 Å². The average Bonchev–Trinajstić information content (AvgIpc) is 3.20. The van der Waals surface area contributed by atoms with E-state index in [1.54, 1.807) is 13.2 Å². The van der Waals surface area contributed by atoms with Crippen LogP contribution in [0, 0.1) is 0 Å². The molecule has 1 aromatic carbocycles. The van der Waals surface area contributed by atoms with Crippen LogP contribution in [0.2, 0.25) is 0 Å². The number of hydrogen-bond acceptors (Lipinski definition) is 5. The Morgan fingerprint density at radius 2 is 1.85 bits per heavy atom. The first-order valence-electron chi connectivity index (χ1n) is 9.44. The summed E-state index contributed by atoms with van der Waals surface area (Å²) >= 11 is 0. The van der Waals surface area contributed by atoms with Crippen molar-refractivity contribution in [3.8, 4) is 5.75 Å². The smallest absolute Gasteiger partial charge is 0.246 e. The quantitative estimate of drug-likeness (QED) is 0.780. The summed E-state index contributed by atoms with van der Waals surface area (Å²) in [5.41, 5.74) is 3.47. The van der Waals surface area contributed by atoms with Crippen molar-refractivity contribution in [3.63, 3.8) is 0 Å². The topological polar surface area (TPSA) is 58.6 Å².